The number of carbonyl (C=O) groups is 5. The fourth-order valence-electron chi connectivity index (χ4n) is 8.03. The number of carboxylic acid groups (broad SMARTS) is 1. The molecule has 0 aliphatic rings. The fourth-order valence-corrected chi connectivity index (χ4v) is 11.6. The molecule has 0 radical (unpaired) electrons. The molecule has 0 saturated heterocycles. The number of aromatic amines is 1. The van der Waals surface area contributed by atoms with Gasteiger partial charge in [-0.15, -0.1) is 22.7 Å². The van der Waals surface area contributed by atoms with Crippen molar-refractivity contribution in [2.75, 3.05) is 13.2 Å². The van der Waals surface area contributed by atoms with Crippen molar-refractivity contribution in [1.82, 2.24) is 60.0 Å². The van der Waals surface area contributed by atoms with Gasteiger partial charge < -0.3 is 44.6 Å². The molecule has 0 spiro atoms. The van der Waals surface area contributed by atoms with E-state index in [2.05, 4.69) is 163 Å². The number of carboxylic acids is 1. The summed E-state index contributed by atoms with van der Waals surface area (Å²) in [7, 11) is -2.35. The standard InChI is InChI=1S/C24H34N4O4SSi.C21H26N4O2S.C19H31BrN4O2Si/c1-15(24(2,3)4)26-22(29)16-13-28(14-32-10-11-34(5,6)7)21-20(16)27-17(12-25-21)18-8-9-19(33-18)23(30)31;1-6-7-15(26)17-9-8-16(28-17)14-11-23-19-18(25-14)13(10-22-19)20(27)24-12(2)21(3,4)5;1-13(19(2,3)4)22-18(25)14-11-24(12-26-8-9-27(5,6)7)17-16(14)23-15(20)10-21-17/h8-9,12-13,15H,10-11,14H2,1-7H3,(H,26,29)(H,30,31);8-12H,6-7H2,1-5H3,(H,22,23)(H,24,27);10-11,13H,8-9,12H2,1-7H3,(H,22,25)/t15-;12-;13-/m000/s1. The number of H-pyrrole nitrogens is 1. The van der Waals surface area contributed by atoms with Gasteiger partial charge in [0, 0.05) is 72.5 Å². The third kappa shape index (κ3) is 20.1. The van der Waals surface area contributed by atoms with Crippen molar-refractivity contribution >= 4 is 118 Å². The van der Waals surface area contributed by atoms with E-state index in [1.807, 2.05) is 49.0 Å². The lowest BCUT2D eigenvalue weighted by atomic mass is 9.88. The van der Waals surface area contributed by atoms with Gasteiger partial charge in [0.2, 0.25) is 0 Å². The monoisotopic (exact) mass is 1350 g/mol. The lowest BCUT2D eigenvalue weighted by Crippen LogP contribution is -2.41. The van der Waals surface area contributed by atoms with Crippen molar-refractivity contribution in [3.63, 3.8) is 0 Å². The first-order valence-corrected chi connectivity index (χ1v) is 40.0. The molecule has 8 heterocycles. The molecule has 8 rings (SSSR count). The van der Waals surface area contributed by atoms with Gasteiger partial charge >= 0.3 is 5.97 Å². The number of ketones is 1. The number of aromatic nitrogens is 9. The molecule has 482 valence electrons. The molecule has 0 saturated carbocycles. The van der Waals surface area contributed by atoms with Gasteiger partial charge in [0.15, 0.2) is 22.7 Å². The topological polar surface area (TPSA) is 263 Å². The predicted molar refractivity (Wildman–Crippen MR) is 367 cm³/mol. The summed E-state index contributed by atoms with van der Waals surface area (Å²) in [6, 6.07) is 9.09. The minimum Gasteiger partial charge on any atom is -0.477 e. The summed E-state index contributed by atoms with van der Waals surface area (Å²) in [6.45, 7) is 42.6. The molecule has 0 bridgehead atoms. The van der Waals surface area contributed by atoms with Crippen molar-refractivity contribution in [3.8, 4) is 21.1 Å². The van der Waals surface area contributed by atoms with Crippen LogP contribution in [0.25, 0.3) is 54.6 Å². The quantitative estimate of drug-likeness (QED) is 0.0240. The number of ether oxygens (including phenoxy) is 2. The number of nitrogens with one attached hydrogen (secondary N) is 4. The number of rotatable bonds is 22. The Kier molecular flexibility index (Phi) is 24.0. The number of amides is 3. The largest absolute Gasteiger partial charge is 0.477 e. The fraction of sp³-hybridized carbons (Fsp3) is 0.516. The average Bonchev–Trinajstić information content (AvgIpc) is 1.71. The zero-order valence-electron chi connectivity index (χ0n) is 55.2. The van der Waals surface area contributed by atoms with E-state index in [1.165, 1.54) is 11.3 Å². The van der Waals surface area contributed by atoms with Crippen molar-refractivity contribution in [2.24, 2.45) is 16.2 Å². The van der Waals surface area contributed by atoms with E-state index < -0.39 is 22.1 Å². The third-order valence-corrected chi connectivity index (χ3v) is 21.3. The van der Waals surface area contributed by atoms with Crippen molar-refractivity contribution in [3.05, 3.63) is 92.5 Å². The number of aromatic carboxylic acids is 1. The molecular formula is C64H91BrN12O8S2Si2. The van der Waals surface area contributed by atoms with Crippen LogP contribution in [-0.2, 0) is 22.9 Å². The third-order valence-electron chi connectivity index (χ3n) is 15.3. The Morgan fingerprint density at radius 2 is 1.02 bits per heavy atom. The lowest BCUT2D eigenvalue weighted by Gasteiger charge is -2.27. The highest BCUT2D eigenvalue weighted by Crippen LogP contribution is 2.32. The number of carbonyl (C=O) groups excluding carboxylic acids is 4. The summed E-state index contributed by atoms with van der Waals surface area (Å²) in [5, 5.41) is 18.4. The molecule has 3 amide bonds. The smallest absolute Gasteiger partial charge is 0.345 e. The normalized spacial score (nSPS) is 13.3. The minimum absolute atomic E-state index is 0.00511. The van der Waals surface area contributed by atoms with Crippen molar-refractivity contribution in [1.29, 1.82) is 0 Å². The van der Waals surface area contributed by atoms with Crippen LogP contribution in [0.2, 0.25) is 51.4 Å². The molecule has 89 heavy (non-hydrogen) atoms. The zero-order valence-corrected chi connectivity index (χ0v) is 60.5. The number of hydrogen-bond donors (Lipinski definition) is 5. The van der Waals surface area contributed by atoms with Crippen LogP contribution in [0.4, 0.5) is 0 Å². The van der Waals surface area contributed by atoms with Gasteiger partial charge in [-0.1, -0.05) is 109 Å². The van der Waals surface area contributed by atoms with Gasteiger partial charge in [0.05, 0.1) is 61.3 Å². The summed E-state index contributed by atoms with van der Waals surface area (Å²) in [6.07, 6.45) is 11.5. The molecule has 20 nitrogen and oxygen atoms in total. The van der Waals surface area contributed by atoms with Gasteiger partial charge in [-0.3, -0.25) is 19.2 Å². The van der Waals surface area contributed by atoms with E-state index in [4.69, 9.17) is 14.5 Å². The van der Waals surface area contributed by atoms with Gasteiger partial charge in [-0.2, -0.15) is 0 Å². The molecule has 8 aromatic heterocycles. The highest BCUT2D eigenvalue weighted by atomic mass is 79.9. The van der Waals surface area contributed by atoms with Crippen molar-refractivity contribution in [2.45, 2.75) is 186 Å². The molecule has 0 fully saturated rings. The number of fused-ring (bicyclic) bond motifs is 3. The number of hydrogen-bond acceptors (Lipinski definition) is 15. The molecule has 0 aliphatic heterocycles. The second-order valence-corrected chi connectivity index (χ2v) is 42.4. The highest BCUT2D eigenvalue weighted by Gasteiger charge is 2.29. The molecule has 0 aliphatic carbocycles. The number of halogens is 1. The average molecular weight is 1360 g/mol. The summed E-state index contributed by atoms with van der Waals surface area (Å²) >= 11 is 5.89. The predicted octanol–water partition coefficient (Wildman–Crippen LogP) is 14.8. The maximum atomic E-state index is 13.2. The molecule has 0 aromatic carbocycles. The van der Waals surface area contributed by atoms with Gasteiger partial charge in [-0.05, 0) is 95.7 Å². The second-order valence-electron chi connectivity index (χ2n) is 28.2. The first-order chi connectivity index (χ1) is 41.3. The van der Waals surface area contributed by atoms with Gasteiger partial charge in [0.1, 0.15) is 39.5 Å². The van der Waals surface area contributed by atoms with E-state index in [-0.39, 0.29) is 69.5 Å². The Labute approximate surface area is 541 Å². The van der Waals surface area contributed by atoms with E-state index >= 15 is 0 Å². The van der Waals surface area contributed by atoms with E-state index in [9.17, 15) is 29.1 Å². The summed E-state index contributed by atoms with van der Waals surface area (Å²) in [5.41, 5.74) is 5.78. The van der Waals surface area contributed by atoms with E-state index in [0.29, 0.717) is 97.4 Å². The molecule has 0 unspecified atom stereocenters. The SMILES string of the molecule is CCCC(=O)c1ccc(-c2cnc3[nH]cc(C(=O)N[C@@H](C)C(C)(C)C)c3n2)s1.C[C@H](NC(=O)c1cn(COCC[Si](C)(C)C)c2ncc(-c3ccc(C(=O)O)s3)nc12)C(C)(C)C.C[C@H](NC(=O)c1cn(COCC[Si](C)(C)C)c2ncc(Br)nc12)C(C)(C)C. The summed E-state index contributed by atoms with van der Waals surface area (Å²) in [4.78, 5) is 95.0. The van der Waals surface area contributed by atoms with Crippen LogP contribution >= 0.6 is 38.6 Å². The van der Waals surface area contributed by atoms with E-state index in [0.717, 1.165) is 39.6 Å². The lowest BCUT2D eigenvalue weighted by molar-refractivity contribution is 0.0700. The minimum atomic E-state index is -1.22. The van der Waals surface area contributed by atoms with Crippen LogP contribution in [0.3, 0.4) is 0 Å². The molecule has 25 heteroatoms. The first kappa shape index (κ1) is 71.7. The number of Topliss-reactive ketones (excluding diaryl/α,β-unsaturated/α-hetero) is 1. The highest BCUT2D eigenvalue weighted by molar-refractivity contribution is 9.10. The van der Waals surface area contributed by atoms with E-state index in [1.54, 1.807) is 49.3 Å². The maximum Gasteiger partial charge on any atom is 0.345 e. The first-order valence-electron chi connectivity index (χ1n) is 30.1. The van der Waals surface area contributed by atoms with Crippen LogP contribution in [0.15, 0.2) is 66.0 Å². The van der Waals surface area contributed by atoms with Crippen molar-refractivity contribution < 1.29 is 38.6 Å². The summed E-state index contributed by atoms with van der Waals surface area (Å²) < 4.78 is 16.0. The number of nitrogens with zero attached hydrogens (tertiary/aromatic N) is 8. The van der Waals surface area contributed by atoms with Crippen LogP contribution in [0.5, 0.6) is 0 Å². The molecular weight excluding hydrogens is 1260 g/mol. The second kappa shape index (κ2) is 29.7. The Morgan fingerprint density at radius 3 is 1.46 bits per heavy atom. The van der Waals surface area contributed by atoms with Crippen LogP contribution in [-0.4, -0.2) is 126 Å². The Bertz CT molecular complexity index is 3780. The molecule has 8 aromatic rings. The van der Waals surface area contributed by atoms with Gasteiger partial charge in [0.25, 0.3) is 17.7 Å². The number of thiophene rings is 2. The van der Waals surface area contributed by atoms with Crippen LogP contribution in [0.1, 0.15) is 153 Å². The molecule has 5 N–H and O–H groups in total. The maximum absolute atomic E-state index is 13.2. The van der Waals surface area contributed by atoms with Gasteiger partial charge in [-0.25, -0.2) is 34.7 Å². The van der Waals surface area contributed by atoms with Crippen LogP contribution < -0.4 is 16.0 Å². The Hall–Kier alpha value is -6.36. The Morgan fingerprint density at radius 1 is 0.607 bits per heavy atom. The Balaban J connectivity index is 0.000000215. The zero-order chi connectivity index (χ0) is 66.1. The molecule has 3 atom stereocenters. The van der Waals surface area contributed by atoms with Crippen LogP contribution in [0, 0.1) is 16.2 Å². The summed E-state index contributed by atoms with van der Waals surface area (Å²) in [5.74, 6) is -1.38.